The molecule has 0 radical (unpaired) electrons. The summed E-state index contributed by atoms with van der Waals surface area (Å²) in [5.74, 6) is 0. The van der Waals surface area contributed by atoms with E-state index in [4.69, 9.17) is 0 Å². The summed E-state index contributed by atoms with van der Waals surface area (Å²) in [6.45, 7) is 0. The molecule has 0 unspecified atom stereocenters. The molecule has 0 atom stereocenters. The maximum Gasteiger partial charge on any atom is 0.266 e. The minimum atomic E-state index is -0.141. The number of nitrogens with one attached hydrogen (secondary N) is 1. The zero-order valence-electron chi connectivity index (χ0n) is 8.42. The van der Waals surface area contributed by atoms with Gasteiger partial charge in [-0.3, -0.25) is 9.89 Å². The van der Waals surface area contributed by atoms with Crippen LogP contribution in [-0.4, -0.2) is 14.6 Å². The van der Waals surface area contributed by atoms with Crippen LogP contribution in [0.15, 0.2) is 53.6 Å². The summed E-state index contributed by atoms with van der Waals surface area (Å²) in [5, 5.41) is 2.67. The quantitative estimate of drug-likeness (QED) is 0.665. The average Bonchev–Trinajstić information content (AvgIpc) is 2.69. The molecule has 4 heteroatoms. The number of H-pyrrole nitrogens is 1. The summed E-state index contributed by atoms with van der Waals surface area (Å²) in [5.41, 5.74) is 2.54. The second-order valence-corrected chi connectivity index (χ2v) is 3.56. The van der Waals surface area contributed by atoms with Crippen LogP contribution in [0.1, 0.15) is 0 Å². The lowest BCUT2D eigenvalue weighted by atomic mass is 10.1. The Labute approximate surface area is 91.2 Å². The van der Waals surface area contributed by atoms with Crippen molar-refractivity contribution in [3.8, 4) is 11.1 Å². The predicted octanol–water partition coefficient (Wildman–Crippen LogP) is 1.69. The molecule has 78 valence electrons. The Morgan fingerprint density at radius 2 is 1.94 bits per heavy atom. The van der Waals surface area contributed by atoms with Gasteiger partial charge in [-0.2, -0.15) is 0 Å². The molecule has 0 aliphatic carbocycles. The van der Waals surface area contributed by atoms with Gasteiger partial charge < -0.3 is 0 Å². The molecule has 3 rings (SSSR count). The largest absolute Gasteiger partial charge is 0.268 e. The molecule has 0 bridgehead atoms. The van der Waals surface area contributed by atoms with Crippen LogP contribution in [0.4, 0.5) is 0 Å². The minimum Gasteiger partial charge on any atom is -0.268 e. The van der Waals surface area contributed by atoms with E-state index in [1.807, 2.05) is 36.5 Å². The fourth-order valence-corrected chi connectivity index (χ4v) is 1.68. The van der Waals surface area contributed by atoms with Gasteiger partial charge in [-0.1, -0.05) is 30.3 Å². The van der Waals surface area contributed by atoms with Crippen LogP contribution in [0.2, 0.25) is 0 Å². The first-order chi connectivity index (χ1) is 7.83. The molecule has 3 aromatic rings. The fraction of sp³-hybridized carbons (Fsp3) is 0. The molecule has 0 aliphatic rings. The maximum atomic E-state index is 11.1. The van der Waals surface area contributed by atoms with Gasteiger partial charge in [0.1, 0.15) is 0 Å². The molecule has 0 aliphatic heterocycles. The normalized spacial score (nSPS) is 10.8. The lowest BCUT2D eigenvalue weighted by Gasteiger charge is -2.01. The number of hydrogen-bond acceptors (Lipinski definition) is 2. The van der Waals surface area contributed by atoms with Gasteiger partial charge >= 0.3 is 0 Å². The molecule has 0 amide bonds. The summed E-state index contributed by atoms with van der Waals surface area (Å²) in [6, 6.07) is 11.4. The van der Waals surface area contributed by atoms with E-state index in [1.165, 1.54) is 6.07 Å². The third-order valence-electron chi connectivity index (χ3n) is 2.45. The molecule has 0 fully saturated rings. The number of hydrogen-bond donors (Lipinski definition) is 1. The molecule has 2 aromatic heterocycles. The molecular formula is C12H9N3O. The van der Waals surface area contributed by atoms with Crippen LogP contribution >= 0.6 is 0 Å². The number of aromatic nitrogens is 3. The highest BCUT2D eigenvalue weighted by Gasteiger charge is 2.01. The standard InChI is InChI=1S/C12H9N3O/c16-12-6-11-13-7-10(8-15(11)14-12)9-4-2-1-3-5-9/h1-8H,(H,14,16). The SMILES string of the molecule is O=c1cc2ncc(-c3ccccc3)cn2[nH]1. The minimum absolute atomic E-state index is 0.141. The Morgan fingerprint density at radius 1 is 1.12 bits per heavy atom. The van der Waals surface area contributed by atoms with Crippen molar-refractivity contribution < 1.29 is 0 Å². The smallest absolute Gasteiger partial charge is 0.266 e. The van der Waals surface area contributed by atoms with Crippen molar-refractivity contribution in [1.29, 1.82) is 0 Å². The van der Waals surface area contributed by atoms with Crippen molar-refractivity contribution in [2.45, 2.75) is 0 Å². The summed E-state index contributed by atoms with van der Waals surface area (Å²) in [7, 11) is 0. The molecule has 0 saturated heterocycles. The van der Waals surface area contributed by atoms with Crippen molar-refractivity contribution in [3.63, 3.8) is 0 Å². The number of rotatable bonds is 1. The van der Waals surface area contributed by atoms with Gasteiger partial charge in [-0.15, -0.1) is 0 Å². The highest BCUT2D eigenvalue weighted by atomic mass is 16.1. The molecule has 0 spiro atoms. The van der Waals surface area contributed by atoms with Gasteiger partial charge in [0.15, 0.2) is 5.65 Å². The highest BCUT2D eigenvalue weighted by Crippen LogP contribution is 2.17. The van der Waals surface area contributed by atoms with E-state index in [2.05, 4.69) is 10.1 Å². The van der Waals surface area contributed by atoms with Crippen LogP contribution in [-0.2, 0) is 0 Å². The molecular weight excluding hydrogens is 202 g/mol. The number of benzene rings is 1. The Balaban J connectivity index is 2.22. The summed E-state index contributed by atoms with van der Waals surface area (Å²) in [4.78, 5) is 15.3. The first-order valence-electron chi connectivity index (χ1n) is 4.96. The van der Waals surface area contributed by atoms with Gasteiger partial charge in [0, 0.05) is 24.0 Å². The molecule has 2 heterocycles. The Morgan fingerprint density at radius 3 is 2.75 bits per heavy atom. The van der Waals surface area contributed by atoms with Gasteiger partial charge in [-0.05, 0) is 5.56 Å². The van der Waals surface area contributed by atoms with Crippen molar-refractivity contribution >= 4 is 5.65 Å². The highest BCUT2D eigenvalue weighted by molar-refractivity contribution is 5.62. The summed E-state index contributed by atoms with van der Waals surface area (Å²) < 4.78 is 1.63. The zero-order valence-corrected chi connectivity index (χ0v) is 8.42. The topological polar surface area (TPSA) is 50.2 Å². The third kappa shape index (κ3) is 1.40. The van der Waals surface area contributed by atoms with Gasteiger partial charge in [0.25, 0.3) is 5.56 Å². The zero-order chi connectivity index (χ0) is 11.0. The van der Waals surface area contributed by atoms with E-state index >= 15 is 0 Å². The lowest BCUT2D eigenvalue weighted by molar-refractivity contribution is 0.921. The number of aromatic amines is 1. The maximum absolute atomic E-state index is 11.1. The second-order valence-electron chi connectivity index (χ2n) is 3.56. The van der Waals surface area contributed by atoms with Crippen LogP contribution in [0.25, 0.3) is 16.8 Å². The van der Waals surface area contributed by atoms with Crippen LogP contribution in [0.5, 0.6) is 0 Å². The van der Waals surface area contributed by atoms with Crippen LogP contribution < -0.4 is 5.56 Å². The van der Waals surface area contributed by atoms with Gasteiger partial charge in [-0.25, -0.2) is 9.50 Å². The molecule has 16 heavy (non-hydrogen) atoms. The number of fused-ring (bicyclic) bond motifs is 1. The predicted molar refractivity (Wildman–Crippen MR) is 61.2 cm³/mol. The van der Waals surface area contributed by atoms with Crippen molar-refractivity contribution in [2.24, 2.45) is 0 Å². The third-order valence-corrected chi connectivity index (χ3v) is 2.45. The van der Waals surface area contributed by atoms with E-state index in [-0.39, 0.29) is 5.56 Å². The van der Waals surface area contributed by atoms with E-state index < -0.39 is 0 Å². The monoisotopic (exact) mass is 211 g/mol. The first-order valence-corrected chi connectivity index (χ1v) is 4.96. The van der Waals surface area contributed by atoms with E-state index in [1.54, 1.807) is 10.7 Å². The molecule has 1 aromatic carbocycles. The van der Waals surface area contributed by atoms with Crippen molar-refractivity contribution in [2.75, 3.05) is 0 Å². The fourth-order valence-electron chi connectivity index (χ4n) is 1.68. The molecule has 1 N–H and O–H groups in total. The Kier molecular flexibility index (Phi) is 1.86. The van der Waals surface area contributed by atoms with Crippen LogP contribution in [0.3, 0.4) is 0 Å². The first kappa shape index (κ1) is 8.91. The number of nitrogens with zero attached hydrogens (tertiary/aromatic N) is 2. The second kappa shape index (κ2) is 3.34. The van der Waals surface area contributed by atoms with E-state index in [0.717, 1.165) is 11.1 Å². The molecule has 0 saturated carbocycles. The Hall–Kier alpha value is -2.36. The lowest BCUT2D eigenvalue weighted by Crippen LogP contribution is -1.98. The van der Waals surface area contributed by atoms with Crippen molar-refractivity contribution in [1.82, 2.24) is 14.6 Å². The summed E-state index contributed by atoms with van der Waals surface area (Å²) >= 11 is 0. The van der Waals surface area contributed by atoms with Gasteiger partial charge in [0.2, 0.25) is 0 Å². The van der Waals surface area contributed by atoms with Crippen LogP contribution in [0, 0.1) is 0 Å². The Bertz CT molecular complexity index is 682. The average molecular weight is 211 g/mol. The van der Waals surface area contributed by atoms with Crippen molar-refractivity contribution in [3.05, 3.63) is 59.1 Å². The molecule has 4 nitrogen and oxygen atoms in total. The van der Waals surface area contributed by atoms with E-state index in [9.17, 15) is 4.79 Å². The van der Waals surface area contributed by atoms with Gasteiger partial charge in [0.05, 0.1) is 0 Å². The summed E-state index contributed by atoms with van der Waals surface area (Å²) in [6.07, 6.45) is 3.62. The van der Waals surface area contributed by atoms with E-state index in [0.29, 0.717) is 5.65 Å².